The number of guanidine groups is 1. The second-order valence-corrected chi connectivity index (χ2v) is 6.86. The van der Waals surface area contributed by atoms with Gasteiger partial charge in [0, 0.05) is 19.6 Å². The van der Waals surface area contributed by atoms with Gasteiger partial charge >= 0.3 is 0 Å². The molecular formula is C20H35IN4. The lowest BCUT2D eigenvalue weighted by Gasteiger charge is -2.33. The van der Waals surface area contributed by atoms with Crippen LogP contribution >= 0.6 is 24.0 Å². The van der Waals surface area contributed by atoms with Crippen molar-refractivity contribution in [2.45, 2.75) is 58.0 Å². The summed E-state index contributed by atoms with van der Waals surface area (Å²) >= 11 is 0. The van der Waals surface area contributed by atoms with Crippen LogP contribution < -0.4 is 10.6 Å². The van der Waals surface area contributed by atoms with Crippen LogP contribution in [0.5, 0.6) is 0 Å². The highest BCUT2D eigenvalue weighted by Crippen LogP contribution is 2.16. The number of nitrogens with zero attached hydrogens (tertiary/aromatic N) is 2. The summed E-state index contributed by atoms with van der Waals surface area (Å²) in [5.41, 5.74) is 1.28. The summed E-state index contributed by atoms with van der Waals surface area (Å²) in [6, 6.07) is 11.5. The van der Waals surface area contributed by atoms with E-state index in [1.807, 2.05) is 13.1 Å². The number of hydrogen-bond acceptors (Lipinski definition) is 2. The molecule has 1 aliphatic heterocycles. The number of nitrogens with one attached hydrogen (secondary N) is 2. The molecule has 0 aliphatic carbocycles. The highest BCUT2D eigenvalue weighted by molar-refractivity contribution is 14.0. The third-order valence-corrected chi connectivity index (χ3v) is 4.98. The zero-order chi connectivity index (χ0) is 17.2. The molecule has 2 rings (SSSR count). The third kappa shape index (κ3) is 7.94. The van der Waals surface area contributed by atoms with Gasteiger partial charge < -0.3 is 15.5 Å². The summed E-state index contributed by atoms with van der Waals surface area (Å²) in [4.78, 5) is 6.98. The molecule has 142 valence electrons. The molecule has 2 atom stereocenters. The number of aliphatic imine (C=N–C) groups is 1. The van der Waals surface area contributed by atoms with Crippen molar-refractivity contribution in [3.8, 4) is 0 Å². The summed E-state index contributed by atoms with van der Waals surface area (Å²) in [5.74, 6) is 0.887. The maximum Gasteiger partial charge on any atom is 0.191 e. The van der Waals surface area contributed by atoms with Crippen LogP contribution in [0.1, 0.15) is 57.6 Å². The van der Waals surface area contributed by atoms with Crippen molar-refractivity contribution < 1.29 is 0 Å². The Morgan fingerprint density at radius 1 is 1.24 bits per heavy atom. The Kier molecular flexibility index (Phi) is 11.1. The van der Waals surface area contributed by atoms with Crippen molar-refractivity contribution in [3.63, 3.8) is 0 Å². The van der Waals surface area contributed by atoms with Crippen molar-refractivity contribution in [3.05, 3.63) is 35.9 Å². The average molecular weight is 458 g/mol. The molecule has 0 spiro atoms. The smallest absolute Gasteiger partial charge is 0.191 e. The van der Waals surface area contributed by atoms with Gasteiger partial charge in [-0.05, 0) is 58.2 Å². The first-order valence-electron chi connectivity index (χ1n) is 9.47. The molecule has 1 saturated heterocycles. The van der Waals surface area contributed by atoms with Gasteiger partial charge in [-0.15, -0.1) is 24.0 Å². The van der Waals surface area contributed by atoms with Gasteiger partial charge in [0.05, 0.1) is 6.04 Å². The fraction of sp³-hybridized carbons (Fsp3) is 0.650. The number of hydrogen-bond donors (Lipinski definition) is 2. The van der Waals surface area contributed by atoms with Gasteiger partial charge in [-0.3, -0.25) is 4.99 Å². The molecule has 0 amide bonds. The van der Waals surface area contributed by atoms with E-state index < -0.39 is 0 Å². The second kappa shape index (κ2) is 12.5. The summed E-state index contributed by atoms with van der Waals surface area (Å²) < 4.78 is 0. The maximum absolute atomic E-state index is 4.34. The minimum Gasteiger partial charge on any atom is -0.356 e. The molecule has 1 aromatic carbocycles. The SMILES string of the molecule is CN=C(NCCCCN1CCCCC1C)NC(C)c1ccccc1.I. The van der Waals surface area contributed by atoms with E-state index in [9.17, 15) is 0 Å². The van der Waals surface area contributed by atoms with Gasteiger partial charge in [-0.2, -0.15) is 0 Å². The Labute approximate surface area is 170 Å². The Morgan fingerprint density at radius 2 is 2.00 bits per heavy atom. The topological polar surface area (TPSA) is 39.7 Å². The summed E-state index contributed by atoms with van der Waals surface area (Å²) in [7, 11) is 1.84. The monoisotopic (exact) mass is 458 g/mol. The molecule has 1 aliphatic rings. The van der Waals surface area contributed by atoms with Crippen molar-refractivity contribution in [2.75, 3.05) is 26.7 Å². The predicted molar refractivity (Wildman–Crippen MR) is 119 cm³/mol. The third-order valence-electron chi connectivity index (χ3n) is 4.98. The number of likely N-dealkylation sites (tertiary alicyclic amines) is 1. The lowest BCUT2D eigenvalue weighted by Crippen LogP contribution is -2.40. The molecule has 0 bridgehead atoms. The van der Waals surface area contributed by atoms with E-state index in [2.05, 4.69) is 58.6 Å². The maximum atomic E-state index is 4.34. The lowest BCUT2D eigenvalue weighted by molar-refractivity contribution is 0.158. The zero-order valence-electron chi connectivity index (χ0n) is 16.0. The molecule has 1 aromatic rings. The van der Waals surface area contributed by atoms with E-state index in [1.54, 1.807) is 0 Å². The largest absolute Gasteiger partial charge is 0.356 e. The fourth-order valence-corrected chi connectivity index (χ4v) is 3.36. The normalized spacial score (nSPS) is 19.8. The number of unbranched alkanes of at least 4 members (excludes halogenated alkanes) is 1. The molecule has 25 heavy (non-hydrogen) atoms. The van der Waals surface area contributed by atoms with Crippen LogP contribution in [0, 0.1) is 0 Å². The van der Waals surface area contributed by atoms with E-state index in [1.165, 1.54) is 50.8 Å². The lowest BCUT2D eigenvalue weighted by atomic mass is 10.0. The van der Waals surface area contributed by atoms with Gasteiger partial charge in [-0.1, -0.05) is 36.8 Å². The molecule has 0 saturated carbocycles. The number of benzene rings is 1. The van der Waals surface area contributed by atoms with Crippen LogP contribution in [-0.2, 0) is 0 Å². The van der Waals surface area contributed by atoms with Gasteiger partial charge in [0.25, 0.3) is 0 Å². The molecule has 0 radical (unpaired) electrons. The van der Waals surface area contributed by atoms with Gasteiger partial charge in [0.1, 0.15) is 0 Å². The van der Waals surface area contributed by atoms with Crippen LogP contribution in [0.2, 0.25) is 0 Å². The standard InChI is InChI=1S/C20H34N4.HI/c1-17-11-7-9-15-24(17)16-10-8-14-22-20(21-3)23-18(2)19-12-5-4-6-13-19;/h4-6,12-13,17-18H,7-11,14-16H2,1-3H3,(H2,21,22,23);1H. The first-order chi connectivity index (χ1) is 11.7. The van der Waals surface area contributed by atoms with Crippen molar-refractivity contribution in [1.29, 1.82) is 0 Å². The first kappa shape index (κ1) is 22.2. The van der Waals surface area contributed by atoms with Crippen molar-refractivity contribution >= 4 is 29.9 Å². The molecule has 5 heteroatoms. The van der Waals surface area contributed by atoms with Crippen LogP contribution in [0.3, 0.4) is 0 Å². The Balaban J connectivity index is 0.00000312. The van der Waals surface area contributed by atoms with Crippen LogP contribution in [0.4, 0.5) is 0 Å². The number of halogens is 1. The van der Waals surface area contributed by atoms with E-state index >= 15 is 0 Å². The zero-order valence-corrected chi connectivity index (χ0v) is 18.3. The van der Waals surface area contributed by atoms with Gasteiger partial charge in [0.15, 0.2) is 5.96 Å². The predicted octanol–water partition coefficient (Wildman–Crippen LogP) is 4.19. The second-order valence-electron chi connectivity index (χ2n) is 6.86. The van der Waals surface area contributed by atoms with E-state index in [0.29, 0.717) is 0 Å². The Hall–Kier alpha value is -0.820. The molecule has 2 N–H and O–H groups in total. The highest BCUT2D eigenvalue weighted by atomic mass is 127. The molecular weight excluding hydrogens is 423 g/mol. The highest BCUT2D eigenvalue weighted by Gasteiger charge is 2.17. The van der Waals surface area contributed by atoms with E-state index in [4.69, 9.17) is 0 Å². The molecule has 1 fully saturated rings. The molecule has 4 nitrogen and oxygen atoms in total. The van der Waals surface area contributed by atoms with Crippen molar-refractivity contribution in [2.24, 2.45) is 4.99 Å². The van der Waals surface area contributed by atoms with Crippen molar-refractivity contribution in [1.82, 2.24) is 15.5 Å². The van der Waals surface area contributed by atoms with Crippen LogP contribution in [-0.4, -0.2) is 43.6 Å². The summed E-state index contributed by atoms with van der Waals surface area (Å²) in [6.07, 6.45) is 6.58. The Bertz CT molecular complexity index is 492. The first-order valence-corrected chi connectivity index (χ1v) is 9.47. The van der Waals surface area contributed by atoms with Crippen LogP contribution in [0.15, 0.2) is 35.3 Å². The average Bonchev–Trinajstić information content (AvgIpc) is 2.62. The molecule has 0 aromatic heterocycles. The number of rotatable bonds is 7. The van der Waals surface area contributed by atoms with E-state index in [0.717, 1.165) is 18.5 Å². The van der Waals surface area contributed by atoms with Gasteiger partial charge in [0.2, 0.25) is 0 Å². The fourth-order valence-electron chi connectivity index (χ4n) is 3.36. The minimum absolute atomic E-state index is 0. The molecule has 1 heterocycles. The van der Waals surface area contributed by atoms with E-state index in [-0.39, 0.29) is 30.0 Å². The Morgan fingerprint density at radius 3 is 2.68 bits per heavy atom. The quantitative estimate of drug-likeness (QED) is 0.279. The minimum atomic E-state index is 0. The number of piperidine rings is 1. The summed E-state index contributed by atoms with van der Waals surface area (Å²) in [6.45, 7) is 8.03. The molecule has 2 unspecified atom stereocenters. The van der Waals surface area contributed by atoms with Crippen LogP contribution in [0.25, 0.3) is 0 Å². The van der Waals surface area contributed by atoms with Gasteiger partial charge in [-0.25, -0.2) is 0 Å². The summed E-state index contributed by atoms with van der Waals surface area (Å²) in [5, 5.41) is 6.90.